The van der Waals surface area contributed by atoms with E-state index in [4.69, 9.17) is 0 Å². The van der Waals surface area contributed by atoms with Gasteiger partial charge < -0.3 is 15.7 Å². The van der Waals surface area contributed by atoms with Crippen molar-refractivity contribution >= 4 is 5.69 Å². The van der Waals surface area contributed by atoms with Gasteiger partial charge in [-0.25, -0.2) is 0 Å². The van der Waals surface area contributed by atoms with Crippen molar-refractivity contribution in [2.24, 2.45) is 5.92 Å². The van der Waals surface area contributed by atoms with Gasteiger partial charge >= 0.3 is 0 Å². The molecule has 0 radical (unpaired) electrons. The van der Waals surface area contributed by atoms with Crippen LogP contribution in [-0.4, -0.2) is 23.7 Å². The number of aromatic hydroxyl groups is 1. The molecule has 1 aromatic rings. The first-order valence-corrected chi connectivity index (χ1v) is 10.6. The van der Waals surface area contributed by atoms with Gasteiger partial charge in [0.15, 0.2) is 0 Å². The Morgan fingerprint density at radius 2 is 1.84 bits per heavy atom. The molecule has 1 aliphatic heterocycles. The molecule has 1 saturated heterocycles. The van der Waals surface area contributed by atoms with E-state index in [-0.39, 0.29) is 0 Å². The van der Waals surface area contributed by atoms with Crippen LogP contribution in [0.4, 0.5) is 5.69 Å². The van der Waals surface area contributed by atoms with Gasteiger partial charge in [0.05, 0.1) is 5.69 Å². The Hall–Kier alpha value is -1.22. The molecule has 3 fully saturated rings. The molecule has 1 heterocycles. The Morgan fingerprint density at radius 3 is 2.72 bits per heavy atom. The molecule has 2 saturated carbocycles. The van der Waals surface area contributed by atoms with Gasteiger partial charge in [0, 0.05) is 17.5 Å². The number of rotatable bonds is 2. The van der Waals surface area contributed by atoms with Crippen molar-refractivity contribution in [2.75, 3.05) is 11.9 Å². The summed E-state index contributed by atoms with van der Waals surface area (Å²) >= 11 is 0. The Morgan fingerprint density at radius 1 is 1.00 bits per heavy atom. The number of phenols is 1. The van der Waals surface area contributed by atoms with Crippen molar-refractivity contribution in [1.29, 1.82) is 0 Å². The molecule has 0 amide bonds. The summed E-state index contributed by atoms with van der Waals surface area (Å²) in [6.45, 7) is 1.14. The minimum absolute atomic E-state index is 0.336. The standard InChI is InChI=1S/C22H32N2O/c25-21-14-18-15(13-20(21)24-16-6-2-1-3-7-16)12-19-17-8-4-5-9-22(17,18)10-11-23-19/h13-14,16-17,19,23-25H,1-12H2/t17-,19+,22+/m0/s1. The van der Waals surface area contributed by atoms with Gasteiger partial charge in [0.25, 0.3) is 0 Å². The van der Waals surface area contributed by atoms with Crippen molar-refractivity contribution in [3.05, 3.63) is 23.3 Å². The number of hydrogen-bond acceptors (Lipinski definition) is 3. The van der Waals surface area contributed by atoms with E-state index in [0.29, 0.717) is 23.2 Å². The molecule has 3 N–H and O–H groups in total. The quantitative estimate of drug-likeness (QED) is 0.695. The lowest BCUT2D eigenvalue weighted by molar-refractivity contribution is 0.0796. The van der Waals surface area contributed by atoms with E-state index in [9.17, 15) is 5.11 Å². The number of fused-ring (bicyclic) bond motifs is 1. The first-order valence-electron chi connectivity index (χ1n) is 10.6. The molecule has 5 rings (SSSR count). The Bertz CT molecular complexity index is 648. The third-order valence-corrected chi connectivity index (χ3v) is 7.72. The first-order chi connectivity index (χ1) is 12.3. The predicted octanol–water partition coefficient (Wildman–Crippen LogP) is 4.48. The van der Waals surface area contributed by atoms with Crippen LogP contribution in [0.5, 0.6) is 5.75 Å². The fraction of sp³-hybridized carbons (Fsp3) is 0.727. The molecule has 3 nitrogen and oxygen atoms in total. The van der Waals surface area contributed by atoms with Crippen molar-refractivity contribution < 1.29 is 5.11 Å². The van der Waals surface area contributed by atoms with Gasteiger partial charge in [-0.2, -0.15) is 0 Å². The fourth-order valence-corrected chi connectivity index (χ4v) is 6.55. The van der Waals surface area contributed by atoms with E-state index in [1.807, 2.05) is 0 Å². The smallest absolute Gasteiger partial charge is 0.138 e. The van der Waals surface area contributed by atoms with Crippen LogP contribution in [0.15, 0.2) is 12.1 Å². The van der Waals surface area contributed by atoms with E-state index < -0.39 is 0 Å². The van der Waals surface area contributed by atoms with E-state index in [1.54, 1.807) is 0 Å². The number of benzene rings is 1. The van der Waals surface area contributed by atoms with Crippen LogP contribution in [0.25, 0.3) is 0 Å². The van der Waals surface area contributed by atoms with E-state index in [2.05, 4.69) is 22.8 Å². The molecular formula is C22H32N2O. The molecule has 3 atom stereocenters. The highest BCUT2D eigenvalue weighted by molar-refractivity contribution is 5.62. The maximum absolute atomic E-state index is 10.8. The Kier molecular flexibility index (Phi) is 3.96. The zero-order valence-electron chi connectivity index (χ0n) is 15.3. The average molecular weight is 341 g/mol. The maximum atomic E-state index is 10.8. The average Bonchev–Trinajstić information content (AvgIpc) is 2.64. The van der Waals surface area contributed by atoms with Crippen molar-refractivity contribution in [3.63, 3.8) is 0 Å². The molecule has 0 aromatic heterocycles. The minimum atomic E-state index is 0.336. The minimum Gasteiger partial charge on any atom is -0.506 e. The molecule has 3 heteroatoms. The third-order valence-electron chi connectivity index (χ3n) is 7.72. The second-order valence-corrected chi connectivity index (χ2v) is 9.03. The Labute approximate surface area is 151 Å². The van der Waals surface area contributed by atoms with Gasteiger partial charge in [0.1, 0.15) is 5.75 Å². The second kappa shape index (κ2) is 6.19. The van der Waals surface area contributed by atoms with Crippen LogP contribution < -0.4 is 10.6 Å². The van der Waals surface area contributed by atoms with Crippen LogP contribution in [0, 0.1) is 5.92 Å². The van der Waals surface area contributed by atoms with Crippen LogP contribution in [0.2, 0.25) is 0 Å². The van der Waals surface area contributed by atoms with Crippen LogP contribution >= 0.6 is 0 Å². The normalized spacial score (nSPS) is 34.9. The number of anilines is 1. The molecule has 3 aliphatic carbocycles. The molecule has 136 valence electrons. The van der Waals surface area contributed by atoms with Gasteiger partial charge in [-0.1, -0.05) is 32.1 Å². The summed E-state index contributed by atoms with van der Waals surface area (Å²) in [5, 5.41) is 18.3. The monoisotopic (exact) mass is 340 g/mol. The van der Waals surface area contributed by atoms with E-state index in [0.717, 1.165) is 24.6 Å². The highest BCUT2D eigenvalue weighted by Gasteiger charge is 2.51. The summed E-state index contributed by atoms with van der Waals surface area (Å²) in [6.07, 6.45) is 14.3. The summed E-state index contributed by atoms with van der Waals surface area (Å²) in [4.78, 5) is 0. The van der Waals surface area contributed by atoms with Crippen molar-refractivity contribution in [2.45, 2.75) is 88.1 Å². The molecule has 2 bridgehead atoms. The zero-order chi connectivity index (χ0) is 16.9. The summed E-state index contributed by atoms with van der Waals surface area (Å²) in [7, 11) is 0. The molecule has 4 aliphatic rings. The largest absolute Gasteiger partial charge is 0.506 e. The molecular weight excluding hydrogens is 308 g/mol. The van der Waals surface area contributed by atoms with Gasteiger partial charge in [-0.3, -0.25) is 0 Å². The summed E-state index contributed by atoms with van der Waals surface area (Å²) < 4.78 is 0. The predicted molar refractivity (Wildman–Crippen MR) is 102 cm³/mol. The lowest BCUT2D eigenvalue weighted by Crippen LogP contribution is -2.59. The van der Waals surface area contributed by atoms with Crippen molar-refractivity contribution in [3.8, 4) is 5.75 Å². The number of piperidine rings is 1. The third kappa shape index (κ3) is 2.58. The number of phenolic OH excluding ortho intramolecular Hbond substituents is 1. The van der Waals surface area contributed by atoms with Gasteiger partial charge in [0.2, 0.25) is 0 Å². The lowest BCUT2D eigenvalue weighted by atomic mass is 9.53. The van der Waals surface area contributed by atoms with Crippen LogP contribution in [0.1, 0.15) is 75.3 Å². The number of hydrogen-bond donors (Lipinski definition) is 3. The highest BCUT2D eigenvalue weighted by atomic mass is 16.3. The molecule has 0 spiro atoms. The molecule has 0 unspecified atom stereocenters. The first kappa shape index (κ1) is 16.0. The van der Waals surface area contributed by atoms with Crippen LogP contribution in [0.3, 0.4) is 0 Å². The number of nitrogens with one attached hydrogen (secondary N) is 2. The lowest BCUT2D eigenvalue weighted by Gasteiger charge is -2.56. The second-order valence-electron chi connectivity index (χ2n) is 9.03. The fourth-order valence-electron chi connectivity index (χ4n) is 6.55. The topological polar surface area (TPSA) is 44.3 Å². The summed E-state index contributed by atoms with van der Waals surface area (Å²) in [5.41, 5.74) is 4.30. The molecule has 1 aromatic carbocycles. The molecule has 25 heavy (non-hydrogen) atoms. The van der Waals surface area contributed by atoms with Crippen molar-refractivity contribution in [1.82, 2.24) is 5.32 Å². The van der Waals surface area contributed by atoms with E-state index in [1.165, 1.54) is 75.3 Å². The Balaban J connectivity index is 1.50. The van der Waals surface area contributed by atoms with E-state index >= 15 is 0 Å². The van der Waals surface area contributed by atoms with Gasteiger partial charge in [-0.05, 0) is 74.2 Å². The summed E-state index contributed by atoms with van der Waals surface area (Å²) in [6, 6.07) is 5.64. The maximum Gasteiger partial charge on any atom is 0.138 e. The van der Waals surface area contributed by atoms with Crippen LogP contribution in [-0.2, 0) is 11.8 Å². The zero-order valence-corrected chi connectivity index (χ0v) is 15.3. The highest BCUT2D eigenvalue weighted by Crippen LogP contribution is 2.55. The summed E-state index contributed by atoms with van der Waals surface area (Å²) in [5.74, 6) is 1.26. The van der Waals surface area contributed by atoms with Gasteiger partial charge in [-0.15, -0.1) is 0 Å². The SMILES string of the molecule is Oc1cc2c(cc1NC1CCCCC1)C[C@H]1NCC[C@@]23CCCC[C@@H]13.